The lowest BCUT2D eigenvalue weighted by atomic mass is 10.1. The third-order valence-corrected chi connectivity index (χ3v) is 6.39. The summed E-state index contributed by atoms with van der Waals surface area (Å²) < 4.78 is 63.9. The van der Waals surface area contributed by atoms with Crippen molar-refractivity contribution in [2.45, 2.75) is 28.5 Å². The zero-order valence-electron chi connectivity index (χ0n) is 16.5. The minimum atomic E-state index is -5.23. The van der Waals surface area contributed by atoms with E-state index < -0.39 is 27.5 Å². The lowest BCUT2D eigenvalue weighted by Gasteiger charge is -2.25. The molecular weight excluding hydrogens is 461 g/mol. The smallest absolute Gasteiger partial charge is 0.373 e. The Bertz CT molecular complexity index is 1110. The van der Waals surface area contributed by atoms with Crippen LogP contribution < -0.4 is 5.32 Å². The molecule has 7 nitrogen and oxygen atoms in total. The molecule has 2 amide bonds. The minimum Gasteiger partial charge on any atom is -0.373 e. The van der Waals surface area contributed by atoms with Crippen LogP contribution in [0, 0.1) is 0 Å². The fourth-order valence-corrected chi connectivity index (χ4v) is 3.89. The lowest BCUT2D eigenvalue weighted by molar-refractivity contribution is -0.242. The number of benzene rings is 2. The summed E-state index contributed by atoms with van der Waals surface area (Å²) in [6.45, 7) is 0.278. The van der Waals surface area contributed by atoms with Crippen LogP contribution in [-0.2, 0) is 14.6 Å². The van der Waals surface area contributed by atoms with Gasteiger partial charge in [-0.05, 0) is 49.4 Å². The topological polar surface area (TPSA) is 104 Å². The number of carbonyl (C=O) groups is 2. The van der Waals surface area contributed by atoms with E-state index in [-0.39, 0.29) is 38.9 Å². The van der Waals surface area contributed by atoms with Crippen LogP contribution in [-0.4, -0.2) is 56.1 Å². The molecule has 2 N–H and O–H groups in total. The molecule has 31 heavy (non-hydrogen) atoms. The van der Waals surface area contributed by atoms with Crippen molar-refractivity contribution < 1.29 is 36.3 Å². The number of hydrogen-bond acceptors (Lipinski definition) is 5. The Kier molecular flexibility index (Phi) is 6.74. The van der Waals surface area contributed by atoms with Gasteiger partial charge in [-0.1, -0.05) is 11.6 Å². The Morgan fingerprint density at radius 2 is 1.55 bits per heavy atom. The van der Waals surface area contributed by atoms with Crippen LogP contribution in [0.4, 0.5) is 18.9 Å². The van der Waals surface area contributed by atoms with E-state index in [1.165, 1.54) is 29.2 Å². The molecule has 0 saturated carbocycles. The number of hydrogen-bond donors (Lipinski definition) is 2. The summed E-state index contributed by atoms with van der Waals surface area (Å²) >= 11 is 5.94. The van der Waals surface area contributed by atoms with Crippen LogP contribution in [0.25, 0.3) is 0 Å². The molecule has 0 aliphatic carbocycles. The van der Waals surface area contributed by atoms with Crippen LogP contribution >= 0.6 is 11.6 Å². The van der Waals surface area contributed by atoms with Crippen LogP contribution in [0.1, 0.15) is 17.3 Å². The van der Waals surface area contributed by atoms with E-state index in [0.29, 0.717) is 0 Å². The predicted molar refractivity (Wildman–Crippen MR) is 107 cm³/mol. The molecule has 0 spiro atoms. The number of aliphatic hydroxyl groups is 1. The summed E-state index contributed by atoms with van der Waals surface area (Å²) in [5, 5.41) is 10.9. The van der Waals surface area contributed by atoms with Gasteiger partial charge in [0, 0.05) is 19.7 Å². The molecule has 0 aliphatic rings. The quantitative estimate of drug-likeness (QED) is 0.687. The number of halogens is 4. The first kappa shape index (κ1) is 24.6. The van der Waals surface area contributed by atoms with Crippen LogP contribution in [0.5, 0.6) is 0 Å². The lowest BCUT2D eigenvalue weighted by Crippen LogP contribution is -2.52. The maximum atomic E-state index is 12.8. The van der Waals surface area contributed by atoms with Gasteiger partial charge in [0.1, 0.15) is 0 Å². The number of anilines is 1. The number of nitrogens with one attached hydrogen (secondary N) is 1. The van der Waals surface area contributed by atoms with Crippen molar-refractivity contribution in [3.63, 3.8) is 0 Å². The van der Waals surface area contributed by atoms with Gasteiger partial charge < -0.3 is 15.3 Å². The van der Waals surface area contributed by atoms with E-state index in [0.717, 1.165) is 18.2 Å². The van der Waals surface area contributed by atoms with Gasteiger partial charge in [-0.15, -0.1) is 0 Å². The summed E-state index contributed by atoms with van der Waals surface area (Å²) in [7, 11) is -0.982. The fourth-order valence-electron chi connectivity index (χ4n) is 2.31. The Morgan fingerprint density at radius 1 is 1.03 bits per heavy atom. The third-order valence-electron chi connectivity index (χ3n) is 4.31. The van der Waals surface area contributed by atoms with E-state index in [1.807, 2.05) is 5.32 Å². The van der Waals surface area contributed by atoms with E-state index >= 15 is 0 Å². The first-order valence-corrected chi connectivity index (χ1v) is 10.4. The highest BCUT2D eigenvalue weighted by molar-refractivity contribution is 7.91. The average molecular weight is 479 g/mol. The Labute approximate surface area is 181 Å². The van der Waals surface area contributed by atoms with E-state index in [1.54, 1.807) is 14.1 Å². The molecule has 0 fully saturated rings. The van der Waals surface area contributed by atoms with Crippen molar-refractivity contribution >= 4 is 38.9 Å². The molecule has 1 atom stereocenters. The van der Waals surface area contributed by atoms with E-state index in [4.69, 9.17) is 11.6 Å². The third kappa shape index (κ3) is 5.00. The zero-order chi connectivity index (χ0) is 23.8. The molecule has 0 saturated heterocycles. The van der Waals surface area contributed by atoms with E-state index in [2.05, 4.69) is 0 Å². The number of amides is 2. The molecule has 2 aromatic carbocycles. The number of sulfone groups is 1. The Hall–Kier alpha value is -2.63. The Morgan fingerprint density at radius 3 is 2.00 bits per heavy atom. The molecule has 0 radical (unpaired) electrons. The van der Waals surface area contributed by atoms with Gasteiger partial charge in [0.25, 0.3) is 11.8 Å². The zero-order valence-corrected chi connectivity index (χ0v) is 18.1. The molecule has 0 heterocycles. The molecule has 2 aromatic rings. The molecule has 1 unspecified atom stereocenters. The van der Waals surface area contributed by atoms with Crippen molar-refractivity contribution in [3.05, 3.63) is 53.1 Å². The van der Waals surface area contributed by atoms with Crippen LogP contribution in [0.2, 0.25) is 5.02 Å². The predicted octanol–water partition coefficient (Wildman–Crippen LogP) is 3.13. The molecule has 168 valence electrons. The highest BCUT2D eigenvalue weighted by Gasteiger charge is 2.55. The average Bonchev–Trinajstić information content (AvgIpc) is 2.67. The number of alkyl halides is 3. The van der Waals surface area contributed by atoms with Crippen LogP contribution in [0.15, 0.2) is 52.3 Å². The highest BCUT2D eigenvalue weighted by atomic mass is 35.5. The van der Waals surface area contributed by atoms with Gasteiger partial charge in [-0.3, -0.25) is 9.59 Å². The second kappa shape index (κ2) is 8.48. The molecule has 2 rings (SSSR count). The van der Waals surface area contributed by atoms with Gasteiger partial charge >= 0.3 is 6.18 Å². The number of rotatable bonds is 5. The normalized spacial score (nSPS) is 13.9. The molecule has 12 heteroatoms. The largest absolute Gasteiger partial charge is 0.426 e. The van der Waals surface area contributed by atoms with Gasteiger partial charge in [-0.25, -0.2) is 8.42 Å². The monoisotopic (exact) mass is 478 g/mol. The fraction of sp³-hybridized carbons (Fsp3) is 0.263. The number of carbonyl (C=O) groups excluding carboxylic acids is 2. The second-order valence-electron chi connectivity index (χ2n) is 6.89. The van der Waals surface area contributed by atoms with Gasteiger partial charge in [0.05, 0.1) is 20.5 Å². The summed E-state index contributed by atoms with van der Waals surface area (Å²) in [4.78, 5) is 24.6. The van der Waals surface area contributed by atoms with Crippen molar-refractivity contribution in [3.8, 4) is 0 Å². The van der Waals surface area contributed by atoms with Gasteiger partial charge in [0.15, 0.2) is 0 Å². The van der Waals surface area contributed by atoms with Gasteiger partial charge in [0.2, 0.25) is 15.4 Å². The second-order valence-corrected chi connectivity index (χ2v) is 9.25. The molecule has 0 bridgehead atoms. The maximum absolute atomic E-state index is 12.8. The number of nitrogens with zero attached hydrogens (tertiary/aromatic N) is 1. The van der Waals surface area contributed by atoms with Crippen molar-refractivity contribution in [1.29, 1.82) is 0 Å². The van der Waals surface area contributed by atoms with E-state index in [9.17, 15) is 36.3 Å². The van der Waals surface area contributed by atoms with Crippen molar-refractivity contribution in [2.75, 3.05) is 19.4 Å². The SMILES string of the molecule is CN(C)C(=O)c1ccc(S(=O)(=O)c2ccc(NC(=O)C(C)(O)C(F)(F)F)c(Cl)c2)cc1. The molecule has 0 aromatic heterocycles. The summed E-state index contributed by atoms with van der Waals surface area (Å²) in [6.07, 6.45) is -5.23. The highest BCUT2D eigenvalue weighted by Crippen LogP contribution is 2.33. The maximum Gasteiger partial charge on any atom is 0.426 e. The van der Waals surface area contributed by atoms with Gasteiger partial charge in [-0.2, -0.15) is 13.2 Å². The first-order valence-electron chi connectivity index (χ1n) is 8.56. The minimum absolute atomic E-state index is 0.143. The molecule has 0 aliphatic heterocycles. The summed E-state index contributed by atoms with van der Waals surface area (Å²) in [5.74, 6) is -2.10. The summed E-state index contributed by atoms with van der Waals surface area (Å²) in [5.41, 5.74) is -3.72. The van der Waals surface area contributed by atoms with Crippen molar-refractivity contribution in [1.82, 2.24) is 4.90 Å². The standard InChI is InChI=1S/C19H18ClF3N2O5S/c1-18(28,19(21,22)23)17(27)24-15-9-8-13(10-14(15)20)31(29,30)12-6-4-11(5-7-12)16(26)25(2)3/h4-10,28H,1-3H3,(H,24,27). The van der Waals surface area contributed by atoms with Crippen molar-refractivity contribution in [2.24, 2.45) is 0 Å². The molecular formula is C19H18ClF3N2O5S. The Balaban J connectivity index is 2.32. The summed E-state index contributed by atoms with van der Waals surface area (Å²) in [6, 6.07) is 8.14. The van der Waals surface area contributed by atoms with Crippen LogP contribution in [0.3, 0.4) is 0 Å². The first-order chi connectivity index (χ1) is 14.1.